The van der Waals surface area contributed by atoms with Gasteiger partial charge >= 0.3 is 0 Å². The average molecular weight is 405 g/mol. The number of hydrogen-bond acceptors (Lipinski definition) is 3. The third kappa shape index (κ3) is 3.72. The average Bonchev–Trinajstić information content (AvgIpc) is 2.76. The van der Waals surface area contributed by atoms with Crippen LogP contribution in [0, 0.1) is 11.6 Å². The second kappa shape index (κ2) is 7.91. The highest BCUT2D eigenvalue weighted by atomic mass is 19.1. The molecule has 0 saturated heterocycles. The van der Waals surface area contributed by atoms with Crippen molar-refractivity contribution in [3.05, 3.63) is 111 Å². The van der Waals surface area contributed by atoms with Gasteiger partial charge in [0.15, 0.2) is 5.78 Å². The Hall–Kier alpha value is -3.80. The van der Waals surface area contributed by atoms with Crippen molar-refractivity contribution >= 4 is 16.7 Å². The maximum Gasteiger partial charge on any atom is 0.200 e. The predicted molar refractivity (Wildman–Crippen MR) is 110 cm³/mol. The van der Waals surface area contributed by atoms with Gasteiger partial charge in [-0.05, 0) is 60.2 Å². The first-order chi connectivity index (χ1) is 14.5. The van der Waals surface area contributed by atoms with Gasteiger partial charge in [0, 0.05) is 23.7 Å². The Bertz CT molecular complexity index is 1290. The van der Waals surface area contributed by atoms with Gasteiger partial charge in [-0.25, -0.2) is 8.78 Å². The molecule has 4 rings (SSSR count). The molecule has 0 fully saturated rings. The lowest BCUT2D eigenvalue weighted by atomic mass is 10.0. The van der Waals surface area contributed by atoms with Crippen LogP contribution in [0.3, 0.4) is 0 Å². The van der Waals surface area contributed by atoms with Crippen LogP contribution < -0.4 is 10.2 Å². The van der Waals surface area contributed by atoms with Crippen molar-refractivity contribution < 1.29 is 18.3 Å². The summed E-state index contributed by atoms with van der Waals surface area (Å²) in [5, 5.41) is 0.108. The van der Waals surface area contributed by atoms with Crippen molar-refractivity contribution in [2.45, 2.75) is 6.54 Å². The standard InChI is InChI=1S/C24H17F2NO3/c1-30-19-9-2-15(3-10-19)13-27-14-21(23(28)16-4-6-17(25)7-5-16)24(29)20-12-18(26)8-11-22(20)27/h2-12,14H,13H2,1H3. The molecule has 0 aliphatic rings. The Labute approximate surface area is 171 Å². The Morgan fingerprint density at radius 3 is 2.27 bits per heavy atom. The minimum absolute atomic E-state index is 0.104. The Morgan fingerprint density at radius 2 is 1.60 bits per heavy atom. The maximum absolute atomic E-state index is 13.9. The summed E-state index contributed by atoms with van der Waals surface area (Å²) in [5.74, 6) is -0.890. The Balaban J connectivity index is 1.86. The van der Waals surface area contributed by atoms with Gasteiger partial charge in [0.1, 0.15) is 17.4 Å². The van der Waals surface area contributed by atoms with E-state index in [0.29, 0.717) is 17.8 Å². The number of aromatic nitrogens is 1. The van der Waals surface area contributed by atoms with E-state index in [1.807, 2.05) is 24.3 Å². The number of fused-ring (bicyclic) bond motifs is 1. The van der Waals surface area contributed by atoms with Crippen LogP contribution in [-0.2, 0) is 6.54 Å². The zero-order valence-electron chi connectivity index (χ0n) is 16.1. The lowest BCUT2D eigenvalue weighted by Crippen LogP contribution is -2.20. The number of pyridine rings is 1. The molecule has 0 saturated carbocycles. The van der Waals surface area contributed by atoms with E-state index in [2.05, 4.69) is 0 Å². The van der Waals surface area contributed by atoms with Crippen LogP contribution in [0.2, 0.25) is 0 Å². The Morgan fingerprint density at radius 1 is 0.933 bits per heavy atom. The van der Waals surface area contributed by atoms with Crippen LogP contribution in [-0.4, -0.2) is 17.5 Å². The summed E-state index contributed by atoms with van der Waals surface area (Å²) in [6, 6.07) is 16.2. The molecule has 0 bridgehead atoms. The zero-order valence-corrected chi connectivity index (χ0v) is 16.1. The third-order valence-corrected chi connectivity index (χ3v) is 4.91. The molecule has 0 aliphatic heterocycles. The number of methoxy groups -OCH3 is 1. The van der Waals surface area contributed by atoms with E-state index in [0.717, 1.165) is 23.8 Å². The molecule has 0 amide bonds. The van der Waals surface area contributed by atoms with Gasteiger partial charge in [0.05, 0.1) is 18.2 Å². The first-order valence-corrected chi connectivity index (χ1v) is 9.22. The summed E-state index contributed by atoms with van der Waals surface area (Å²) in [5.41, 5.74) is 0.927. The molecule has 6 heteroatoms. The molecule has 4 nitrogen and oxygen atoms in total. The largest absolute Gasteiger partial charge is 0.497 e. The molecule has 0 spiro atoms. The molecule has 3 aromatic carbocycles. The molecule has 30 heavy (non-hydrogen) atoms. The smallest absolute Gasteiger partial charge is 0.200 e. The number of nitrogens with zero attached hydrogens (tertiary/aromatic N) is 1. The normalized spacial score (nSPS) is 10.9. The van der Waals surface area contributed by atoms with Gasteiger partial charge in [-0.3, -0.25) is 9.59 Å². The van der Waals surface area contributed by atoms with Crippen molar-refractivity contribution in [2.75, 3.05) is 7.11 Å². The van der Waals surface area contributed by atoms with Gasteiger partial charge in [-0.1, -0.05) is 12.1 Å². The van der Waals surface area contributed by atoms with E-state index in [4.69, 9.17) is 4.74 Å². The third-order valence-electron chi connectivity index (χ3n) is 4.91. The van der Waals surface area contributed by atoms with Gasteiger partial charge in [0.25, 0.3) is 0 Å². The van der Waals surface area contributed by atoms with E-state index in [1.54, 1.807) is 11.7 Å². The minimum Gasteiger partial charge on any atom is -0.497 e. The summed E-state index contributed by atoms with van der Waals surface area (Å²) < 4.78 is 34.0. The predicted octanol–water partition coefficient (Wildman–Crippen LogP) is 4.57. The first kappa shape index (κ1) is 19.5. The van der Waals surface area contributed by atoms with Crippen molar-refractivity contribution in [1.29, 1.82) is 0 Å². The molecule has 0 radical (unpaired) electrons. The van der Waals surface area contributed by atoms with Crippen molar-refractivity contribution in [2.24, 2.45) is 0 Å². The number of ether oxygens (including phenoxy) is 1. The summed E-state index contributed by atoms with van der Waals surface area (Å²) in [6.45, 7) is 0.357. The van der Waals surface area contributed by atoms with Crippen molar-refractivity contribution in [3.63, 3.8) is 0 Å². The molecule has 150 valence electrons. The van der Waals surface area contributed by atoms with E-state index in [1.165, 1.54) is 30.5 Å². The molecule has 0 unspecified atom stereocenters. The van der Waals surface area contributed by atoms with Crippen LogP contribution in [0.5, 0.6) is 5.75 Å². The lowest BCUT2D eigenvalue weighted by Gasteiger charge is -2.14. The minimum atomic E-state index is -0.568. The number of carbonyl (C=O) groups is 1. The van der Waals surface area contributed by atoms with Crippen LogP contribution in [0.1, 0.15) is 21.5 Å². The lowest BCUT2D eigenvalue weighted by molar-refractivity contribution is 0.103. The van der Waals surface area contributed by atoms with E-state index < -0.39 is 22.8 Å². The number of rotatable bonds is 5. The van der Waals surface area contributed by atoms with Crippen LogP contribution in [0.15, 0.2) is 77.7 Å². The SMILES string of the molecule is COc1ccc(Cn2cc(C(=O)c3ccc(F)cc3)c(=O)c3cc(F)ccc32)cc1. The van der Waals surface area contributed by atoms with Gasteiger partial charge in [-0.15, -0.1) is 0 Å². The summed E-state index contributed by atoms with van der Waals surface area (Å²) in [7, 11) is 1.58. The molecule has 0 aliphatic carbocycles. The number of hydrogen-bond donors (Lipinski definition) is 0. The number of halogens is 2. The zero-order chi connectivity index (χ0) is 21.3. The fourth-order valence-electron chi connectivity index (χ4n) is 3.35. The number of ketones is 1. The number of benzene rings is 3. The molecule has 1 heterocycles. The Kier molecular flexibility index (Phi) is 5.14. The van der Waals surface area contributed by atoms with E-state index >= 15 is 0 Å². The monoisotopic (exact) mass is 405 g/mol. The van der Waals surface area contributed by atoms with E-state index in [9.17, 15) is 18.4 Å². The van der Waals surface area contributed by atoms with Crippen LogP contribution in [0.25, 0.3) is 10.9 Å². The highest BCUT2D eigenvalue weighted by Crippen LogP contribution is 2.19. The number of carbonyl (C=O) groups excluding carboxylic acids is 1. The molecular weight excluding hydrogens is 388 g/mol. The fourth-order valence-corrected chi connectivity index (χ4v) is 3.35. The van der Waals surface area contributed by atoms with Gasteiger partial charge in [0.2, 0.25) is 5.43 Å². The molecule has 1 aromatic heterocycles. The molecule has 4 aromatic rings. The summed E-state index contributed by atoms with van der Waals surface area (Å²) >= 11 is 0. The van der Waals surface area contributed by atoms with Gasteiger partial charge in [-0.2, -0.15) is 0 Å². The van der Waals surface area contributed by atoms with Crippen LogP contribution in [0.4, 0.5) is 8.78 Å². The second-order valence-electron chi connectivity index (χ2n) is 6.85. The highest BCUT2D eigenvalue weighted by molar-refractivity contribution is 6.10. The molecule has 0 atom stereocenters. The summed E-state index contributed by atoms with van der Waals surface area (Å²) in [6.07, 6.45) is 1.47. The highest BCUT2D eigenvalue weighted by Gasteiger charge is 2.18. The second-order valence-corrected chi connectivity index (χ2v) is 6.85. The summed E-state index contributed by atoms with van der Waals surface area (Å²) in [4.78, 5) is 25.9. The van der Waals surface area contributed by atoms with Crippen molar-refractivity contribution in [1.82, 2.24) is 4.57 Å². The molecule has 0 N–H and O–H groups in total. The molecular formula is C24H17F2NO3. The quantitative estimate of drug-likeness (QED) is 0.457. The fraction of sp³-hybridized carbons (Fsp3) is 0.0833. The van der Waals surface area contributed by atoms with E-state index in [-0.39, 0.29) is 16.5 Å². The van der Waals surface area contributed by atoms with Crippen molar-refractivity contribution in [3.8, 4) is 5.75 Å². The maximum atomic E-state index is 13.9. The van der Waals surface area contributed by atoms with Crippen LogP contribution >= 0.6 is 0 Å². The topological polar surface area (TPSA) is 48.3 Å². The first-order valence-electron chi connectivity index (χ1n) is 9.22. The van der Waals surface area contributed by atoms with Gasteiger partial charge < -0.3 is 9.30 Å².